The van der Waals surface area contributed by atoms with E-state index in [0.29, 0.717) is 30.5 Å². The van der Waals surface area contributed by atoms with Gasteiger partial charge in [0, 0.05) is 44.4 Å². The van der Waals surface area contributed by atoms with Crippen molar-refractivity contribution in [3.63, 3.8) is 0 Å². The number of methoxy groups -OCH3 is 2. The van der Waals surface area contributed by atoms with Gasteiger partial charge in [-0.05, 0) is 30.5 Å². The van der Waals surface area contributed by atoms with Crippen LogP contribution in [0.1, 0.15) is 20.3 Å². The lowest BCUT2D eigenvalue weighted by Crippen LogP contribution is -2.52. The number of carbonyl (C=O) groups is 1. The first-order chi connectivity index (χ1) is 14.5. The molecule has 162 valence electrons. The Morgan fingerprint density at radius 3 is 2.47 bits per heavy atom. The lowest BCUT2D eigenvalue weighted by atomic mass is 10.1. The van der Waals surface area contributed by atoms with Crippen LogP contribution in [0.3, 0.4) is 0 Å². The number of amides is 2. The number of hydrogen-bond acceptors (Lipinski definition) is 6. The van der Waals surface area contributed by atoms with Gasteiger partial charge in [-0.3, -0.25) is 0 Å². The summed E-state index contributed by atoms with van der Waals surface area (Å²) in [6, 6.07) is 7.72. The van der Waals surface area contributed by atoms with Crippen molar-refractivity contribution in [2.75, 3.05) is 51.8 Å². The van der Waals surface area contributed by atoms with Crippen molar-refractivity contribution in [3.05, 3.63) is 30.6 Å². The number of nitrogens with one attached hydrogen (secondary N) is 1. The zero-order valence-electron chi connectivity index (χ0n) is 18.2. The summed E-state index contributed by atoms with van der Waals surface area (Å²) in [4.78, 5) is 25.2. The van der Waals surface area contributed by atoms with Gasteiger partial charge < -0.3 is 24.6 Å². The molecule has 0 unspecified atom stereocenters. The van der Waals surface area contributed by atoms with Crippen LogP contribution in [-0.2, 0) is 0 Å². The molecule has 1 aromatic carbocycles. The van der Waals surface area contributed by atoms with Gasteiger partial charge in [0.05, 0.1) is 19.9 Å². The minimum absolute atomic E-state index is 0.0176. The third-order valence-electron chi connectivity index (χ3n) is 5.22. The molecule has 2 aromatic rings. The Morgan fingerprint density at radius 2 is 1.80 bits per heavy atom. The Hall–Kier alpha value is -3.03. The number of ether oxygens (including phenoxy) is 2. The molecule has 1 aromatic heterocycles. The Kier molecular flexibility index (Phi) is 7.32. The number of rotatable bonds is 7. The summed E-state index contributed by atoms with van der Waals surface area (Å²) >= 11 is 0. The smallest absolute Gasteiger partial charge is 0.317 e. The first-order valence-corrected chi connectivity index (χ1v) is 10.3. The minimum atomic E-state index is 0.0176. The number of carbonyl (C=O) groups excluding carboxylic acids is 1. The van der Waals surface area contributed by atoms with E-state index < -0.39 is 0 Å². The zero-order chi connectivity index (χ0) is 21.5. The van der Waals surface area contributed by atoms with E-state index in [2.05, 4.69) is 34.0 Å². The lowest BCUT2D eigenvalue weighted by molar-refractivity contribution is 0.193. The second kappa shape index (κ2) is 10.1. The molecule has 1 aliphatic heterocycles. The van der Waals surface area contributed by atoms with Crippen LogP contribution >= 0.6 is 0 Å². The summed E-state index contributed by atoms with van der Waals surface area (Å²) in [5.41, 5.74) is 1.74. The van der Waals surface area contributed by atoms with Crippen molar-refractivity contribution in [3.8, 4) is 22.8 Å². The highest BCUT2D eigenvalue weighted by atomic mass is 16.5. The first-order valence-electron chi connectivity index (χ1n) is 10.3. The lowest BCUT2D eigenvalue weighted by Gasteiger charge is -2.35. The highest BCUT2D eigenvalue weighted by Crippen LogP contribution is 2.32. The second-order valence-corrected chi connectivity index (χ2v) is 7.72. The zero-order valence-corrected chi connectivity index (χ0v) is 18.2. The topological polar surface area (TPSA) is 79.8 Å². The predicted molar refractivity (Wildman–Crippen MR) is 117 cm³/mol. The molecular weight excluding hydrogens is 382 g/mol. The van der Waals surface area contributed by atoms with Crippen LogP contribution in [0.5, 0.6) is 11.5 Å². The average Bonchev–Trinajstić information content (AvgIpc) is 2.78. The van der Waals surface area contributed by atoms with E-state index in [-0.39, 0.29) is 6.03 Å². The maximum Gasteiger partial charge on any atom is 0.317 e. The van der Waals surface area contributed by atoms with Crippen molar-refractivity contribution in [1.29, 1.82) is 0 Å². The van der Waals surface area contributed by atoms with E-state index >= 15 is 0 Å². The highest BCUT2D eigenvalue weighted by molar-refractivity contribution is 5.74. The molecule has 1 aliphatic rings. The standard InChI is InChI=1S/C22H31N5O3/c1-16(2)7-8-23-22(28)27-11-9-26(10-12-27)21-14-18(24-15-25-21)17-5-6-19(29-3)20(13-17)30-4/h5-6,13-16H,7-12H2,1-4H3,(H,23,28). The fourth-order valence-corrected chi connectivity index (χ4v) is 3.39. The molecule has 0 spiro atoms. The van der Waals surface area contributed by atoms with Gasteiger partial charge in [-0.25, -0.2) is 14.8 Å². The van der Waals surface area contributed by atoms with Gasteiger partial charge in [-0.15, -0.1) is 0 Å². The van der Waals surface area contributed by atoms with Gasteiger partial charge in [0.15, 0.2) is 11.5 Å². The van der Waals surface area contributed by atoms with Crippen molar-refractivity contribution < 1.29 is 14.3 Å². The van der Waals surface area contributed by atoms with Gasteiger partial charge in [0.25, 0.3) is 0 Å². The molecule has 2 amide bonds. The number of urea groups is 1. The molecule has 8 nitrogen and oxygen atoms in total. The van der Waals surface area contributed by atoms with Gasteiger partial charge in [-0.1, -0.05) is 13.8 Å². The van der Waals surface area contributed by atoms with Crippen LogP contribution < -0.4 is 19.7 Å². The van der Waals surface area contributed by atoms with Crippen molar-refractivity contribution in [2.45, 2.75) is 20.3 Å². The third kappa shape index (κ3) is 5.31. The van der Waals surface area contributed by atoms with Crippen molar-refractivity contribution >= 4 is 11.8 Å². The summed E-state index contributed by atoms with van der Waals surface area (Å²) in [5.74, 6) is 2.78. The fraction of sp³-hybridized carbons (Fsp3) is 0.500. The monoisotopic (exact) mass is 413 g/mol. The van der Waals surface area contributed by atoms with Crippen LogP contribution in [0.4, 0.5) is 10.6 Å². The fourth-order valence-electron chi connectivity index (χ4n) is 3.39. The molecule has 1 saturated heterocycles. The maximum absolute atomic E-state index is 12.3. The summed E-state index contributed by atoms with van der Waals surface area (Å²) in [6.45, 7) is 7.84. The maximum atomic E-state index is 12.3. The Morgan fingerprint density at radius 1 is 1.07 bits per heavy atom. The molecular formula is C22H31N5O3. The van der Waals surface area contributed by atoms with Gasteiger partial charge in [0.1, 0.15) is 12.1 Å². The minimum Gasteiger partial charge on any atom is -0.493 e. The van der Waals surface area contributed by atoms with Gasteiger partial charge in [-0.2, -0.15) is 0 Å². The SMILES string of the molecule is COc1ccc(-c2cc(N3CCN(C(=O)NCCC(C)C)CC3)ncn2)cc1OC. The number of piperazine rings is 1. The quantitative estimate of drug-likeness (QED) is 0.752. The summed E-state index contributed by atoms with van der Waals surface area (Å²) in [7, 11) is 3.23. The highest BCUT2D eigenvalue weighted by Gasteiger charge is 2.22. The Labute approximate surface area is 178 Å². The average molecular weight is 414 g/mol. The number of anilines is 1. The molecule has 8 heteroatoms. The van der Waals surface area contributed by atoms with Crippen LogP contribution in [0.25, 0.3) is 11.3 Å². The van der Waals surface area contributed by atoms with Crippen LogP contribution in [0.15, 0.2) is 30.6 Å². The van der Waals surface area contributed by atoms with Crippen LogP contribution in [0.2, 0.25) is 0 Å². The first kappa shape index (κ1) is 21.7. The molecule has 0 bridgehead atoms. The van der Waals surface area contributed by atoms with Crippen LogP contribution in [-0.4, -0.2) is 67.8 Å². The summed E-state index contributed by atoms with van der Waals surface area (Å²) in [5, 5.41) is 3.01. The number of hydrogen-bond donors (Lipinski definition) is 1. The van der Waals surface area contributed by atoms with E-state index in [1.165, 1.54) is 0 Å². The Balaban J connectivity index is 1.63. The third-order valence-corrected chi connectivity index (χ3v) is 5.22. The van der Waals surface area contributed by atoms with E-state index in [1.54, 1.807) is 20.5 Å². The Bertz CT molecular complexity index is 850. The molecule has 1 N–H and O–H groups in total. The molecule has 0 atom stereocenters. The molecule has 30 heavy (non-hydrogen) atoms. The molecule has 0 saturated carbocycles. The van der Waals surface area contributed by atoms with Crippen molar-refractivity contribution in [2.24, 2.45) is 5.92 Å². The van der Waals surface area contributed by atoms with E-state index in [9.17, 15) is 4.79 Å². The summed E-state index contributed by atoms with van der Waals surface area (Å²) in [6.07, 6.45) is 2.57. The summed E-state index contributed by atoms with van der Waals surface area (Å²) < 4.78 is 10.7. The van der Waals surface area contributed by atoms with Gasteiger partial charge >= 0.3 is 6.03 Å². The molecule has 2 heterocycles. The van der Waals surface area contributed by atoms with Crippen LogP contribution in [0, 0.1) is 5.92 Å². The second-order valence-electron chi connectivity index (χ2n) is 7.72. The van der Waals surface area contributed by atoms with E-state index in [1.807, 2.05) is 29.2 Å². The normalized spacial score (nSPS) is 14.0. The van der Waals surface area contributed by atoms with E-state index in [0.717, 1.165) is 43.1 Å². The number of nitrogens with zero attached hydrogens (tertiary/aromatic N) is 4. The largest absolute Gasteiger partial charge is 0.493 e. The molecule has 0 aliphatic carbocycles. The molecule has 1 fully saturated rings. The number of aromatic nitrogens is 2. The molecule has 3 rings (SSSR count). The van der Waals surface area contributed by atoms with Crippen molar-refractivity contribution in [1.82, 2.24) is 20.2 Å². The van der Waals surface area contributed by atoms with E-state index in [4.69, 9.17) is 9.47 Å². The molecule has 0 radical (unpaired) electrons. The number of benzene rings is 1. The van der Waals surface area contributed by atoms with Gasteiger partial charge in [0.2, 0.25) is 0 Å². The predicted octanol–water partition coefficient (Wildman–Crippen LogP) is 3.04.